The number of nitrogens with one attached hydrogen (secondary N) is 1. The first kappa shape index (κ1) is 15.0. The molecule has 0 saturated carbocycles. The average Bonchev–Trinajstić information content (AvgIpc) is 2.27. The summed E-state index contributed by atoms with van der Waals surface area (Å²) in [7, 11) is 0. The van der Waals surface area contributed by atoms with Crippen LogP contribution in [0, 0.1) is 11.3 Å². The van der Waals surface area contributed by atoms with Gasteiger partial charge in [0.1, 0.15) is 18.2 Å². The Morgan fingerprint density at radius 1 is 1.39 bits per heavy atom. The van der Waals surface area contributed by atoms with Crippen molar-refractivity contribution in [2.45, 2.75) is 13.8 Å². The van der Waals surface area contributed by atoms with Crippen molar-refractivity contribution in [2.75, 3.05) is 19.8 Å². The van der Waals surface area contributed by atoms with E-state index in [-0.39, 0.29) is 5.84 Å². The van der Waals surface area contributed by atoms with E-state index in [1.54, 1.807) is 12.1 Å². The monoisotopic (exact) mass is 314 g/mol. The fraction of sp³-hybridized carbons (Fsp3) is 0.462. The fourth-order valence-corrected chi connectivity index (χ4v) is 1.71. The summed E-state index contributed by atoms with van der Waals surface area (Å²) in [5.41, 5.74) is 6.09. The molecule has 1 rings (SSSR count). The van der Waals surface area contributed by atoms with Crippen molar-refractivity contribution in [3.8, 4) is 5.75 Å². The molecule has 0 fully saturated rings. The van der Waals surface area contributed by atoms with Gasteiger partial charge in [0.2, 0.25) is 0 Å². The van der Waals surface area contributed by atoms with Crippen LogP contribution in [0.3, 0.4) is 0 Å². The number of hydrogen-bond donors (Lipinski definition) is 2. The van der Waals surface area contributed by atoms with Gasteiger partial charge in [-0.25, -0.2) is 0 Å². The number of nitrogen functional groups attached to an aromatic ring is 1. The average molecular weight is 315 g/mol. The molecule has 0 heterocycles. The highest BCUT2D eigenvalue weighted by Crippen LogP contribution is 2.23. The lowest BCUT2D eigenvalue weighted by Crippen LogP contribution is -2.15. The smallest absolute Gasteiger partial charge is 0.131 e. The first-order valence-electron chi connectivity index (χ1n) is 5.85. The van der Waals surface area contributed by atoms with E-state index >= 15 is 0 Å². The van der Waals surface area contributed by atoms with Gasteiger partial charge in [-0.05, 0) is 24.1 Å². The Kier molecular flexibility index (Phi) is 6.15. The van der Waals surface area contributed by atoms with E-state index in [2.05, 4.69) is 29.8 Å². The quantitative estimate of drug-likeness (QED) is 0.462. The predicted octanol–water partition coefficient (Wildman–Crippen LogP) is 2.78. The van der Waals surface area contributed by atoms with Crippen molar-refractivity contribution in [1.29, 1.82) is 5.41 Å². The number of hydrogen-bond acceptors (Lipinski definition) is 3. The van der Waals surface area contributed by atoms with Gasteiger partial charge in [0.15, 0.2) is 0 Å². The second-order valence-electron chi connectivity index (χ2n) is 4.37. The van der Waals surface area contributed by atoms with Crippen molar-refractivity contribution in [3.63, 3.8) is 0 Å². The standard InChI is InChI=1S/C13H19BrN2O2/c1-9(2)8-17-5-6-18-12-7-10(14)3-4-11(12)13(15)16/h3-4,7,9H,5-6,8H2,1-2H3,(H3,15,16). The van der Waals surface area contributed by atoms with E-state index in [0.29, 0.717) is 30.4 Å². The zero-order chi connectivity index (χ0) is 13.5. The Labute approximate surface area is 116 Å². The topological polar surface area (TPSA) is 68.3 Å². The molecule has 1 aromatic rings. The number of nitrogens with two attached hydrogens (primary N) is 1. The number of benzene rings is 1. The van der Waals surface area contributed by atoms with Crippen molar-refractivity contribution >= 4 is 21.8 Å². The van der Waals surface area contributed by atoms with E-state index in [1.165, 1.54) is 0 Å². The largest absolute Gasteiger partial charge is 0.490 e. The van der Waals surface area contributed by atoms with Gasteiger partial charge in [-0.1, -0.05) is 29.8 Å². The van der Waals surface area contributed by atoms with Crippen LogP contribution in [0.15, 0.2) is 22.7 Å². The van der Waals surface area contributed by atoms with E-state index in [4.69, 9.17) is 20.6 Å². The van der Waals surface area contributed by atoms with Gasteiger partial charge < -0.3 is 15.2 Å². The summed E-state index contributed by atoms with van der Waals surface area (Å²) in [4.78, 5) is 0. The molecule has 0 aliphatic rings. The summed E-state index contributed by atoms with van der Waals surface area (Å²) in [6, 6.07) is 5.40. The minimum Gasteiger partial charge on any atom is -0.490 e. The van der Waals surface area contributed by atoms with Crippen LogP contribution in [0.25, 0.3) is 0 Å². The highest BCUT2D eigenvalue weighted by Gasteiger charge is 2.07. The van der Waals surface area contributed by atoms with Crippen LogP contribution in [0.5, 0.6) is 5.75 Å². The Hall–Kier alpha value is -1.07. The number of rotatable bonds is 7. The van der Waals surface area contributed by atoms with Crippen LogP contribution < -0.4 is 10.5 Å². The SMILES string of the molecule is CC(C)COCCOc1cc(Br)ccc1C(=N)N. The molecule has 0 aliphatic carbocycles. The highest BCUT2D eigenvalue weighted by molar-refractivity contribution is 9.10. The molecule has 0 spiro atoms. The zero-order valence-corrected chi connectivity index (χ0v) is 12.3. The molecule has 4 nitrogen and oxygen atoms in total. The van der Waals surface area contributed by atoms with Crippen molar-refractivity contribution in [1.82, 2.24) is 0 Å². The Bertz CT molecular complexity index is 408. The summed E-state index contributed by atoms with van der Waals surface area (Å²) < 4.78 is 11.9. The first-order chi connectivity index (χ1) is 8.50. The lowest BCUT2D eigenvalue weighted by Gasteiger charge is -2.12. The summed E-state index contributed by atoms with van der Waals surface area (Å²) in [6.45, 7) is 5.90. The molecule has 18 heavy (non-hydrogen) atoms. The molecular weight excluding hydrogens is 296 g/mol. The summed E-state index contributed by atoms with van der Waals surface area (Å²) in [5.74, 6) is 1.12. The molecule has 5 heteroatoms. The number of amidine groups is 1. The second kappa shape index (κ2) is 7.38. The van der Waals surface area contributed by atoms with E-state index < -0.39 is 0 Å². The molecule has 100 valence electrons. The van der Waals surface area contributed by atoms with Gasteiger partial charge in [-0.3, -0.25) is 5.41 Å². The fourth-order valence-electron chi connectivity index (χ4n) is 1.37. The van der Waals surface area contributed by atoms with E-state index in [1.807, 2.05) is 6.07 Å². The van der Waals surface area contributed by atoms with Gasteiger partial charge in [-0.15, -0.1) is 0 Å². The summed E-state index contributed by atoms with van der Waals surface area (Å²) >= 11 is 3.36. The lowest BCUT2D eigenvalue weighted by atomic mass is 10.2. The maximum atomic E-state index is 7.47. The third-order valence-corrected chi connectivity index (χ3v) is 2.66. The van der Waals surface area contributed by atoms with Crippen LogP contribution >= 0.6 is 15.9 Å². The molecule has 0 aliphatic heterocycles. The molecule has 0 unspecified atom stereocenters. The Morgan fingerprint density at radius 2 is 2.11 bits per heavy atom. The Balaban J connectivity index is 2.50. The highest BCUT2D eigenvalue weighted by atomic mass is 79.9. The van der Waals surface area contributed by atoms with Crippen LogP contribution in [-0.2, 0) is 4.74 Å². The van der Waals surface area contributed by atoms with Gasteiger partial charge >= 0.3 is 0 Å². The molecule has 0 amide bonds. The van der Waals surface area contributed by atoms with Gasteiger partial charge in [-0.2, -0.15) is 0 Å². The maximum absolute atomic E-state index is 7.47. The summed E-state index contributed by atoms with van der Waals surface area (Å²) in [5, 5.41) is 7.47. The van der Waals surface area contributed by atoms with Gasteiger partial charge in [0.25, 0.3) is 0 Å². The lowest BCUT2D eigenvalue weighted by molar-refractivity contribution is 0.0818. The molecular formula is C13H19BrN2O2. The number of halogens is 1. The maximum Gasteiger partial charge on any atom is 0.131 e. The molecule has 3 N–H and O–H groups in total. The van der Waals surface area contributed by atoms with Gasteiger partial charge in [0, 0.05) is 11.1 Å². The molecule has 0 saturated heterocycles. The van der Waals surface area contributed by atoms with E-state index in [0.717, 1.165) is 11.1 Å². The molecule has 0 radical (unpaired) electrons. The van der Waals surface area contributed by atoms with Gasteiger partial charge in [0.05, 0.1) is 12.2 Å². The molecule has 1 aromatic carbocycles. The third kappa shape index (κ3) is 5.06. The third-order valence-electron chi connectivity index (χ3n) is 2.17. The summed E-state index contributed by atoms with van der Waals surface area (Å²) in [6.07, 6.45) is 0. The molecule has 0 atom stereocenters. The van der Waals surface area contributed by atoms with Crippen LogP contribution in [0.4, 0.5) is 0 Å². The first-order valence-corrected chi connectivity index (χ1v) is 6.64. The zero-order valence-electron chi connectivity index (χ0n) is 10.7. The van der Waals surface area contributed by atoms with Crippen LogP contribution in [0.2, 0.25) is 0 Å². The molecule has 0 bridgehead atoms. The van der Waals surface area contributed by atoms with Crippen molar-refractivity contribution in [3.05, 3.63) is 28.2 Å². The minimum atomic E-state index is 0.000554. The number of ether oxygens (including phenoxy) is 2. The van der Waals surface area contributed by atoms with Crippen LogP contribution in [-0.4, -0.2) is 25.7 Å². The van der Waals surface area contributed by atoms with Crippen molar-refractivity contribution < 1.29 is 9.47 Å². The van der Waals surface area contributed by atoms with Crippen LogP contribution in [0.1, 0.15) is 19.4 Å². The molecule has 0 aromatic heterocycles. The van der Waals surface area contributed by atoms with Crippen molar-refractivity contribution in [2.24, 2.45) is 11.7 Å². The second-order valence-corrected chi connectivity index (χ2v) is 5.29. The minimum absolute atomic E-state index is 0.000554. The van der Waals surface area contributed by atoms with E-state index in [9.17, 15) is 0 Å². The Morgan fingerprint density at radius 3 is 2.72 bits per heavy atom. The normalized spacial score (nSPS) is 10.7. The predicted molar refractivity (Wildman–Crippen MR) is 76.3 cm³/mol.